The molecule has 7 nitrogen and oxygen atoms in total. The second-order valence-corrected chi connectivity index (χ2v) is 8.26. The number of aromatic nitrogens is 2. The van der Waals surface area contributed by atoms with E-state index in [-0.39, 0.29) is 17.2 Å². The summed E-state index contributed by atoms with van der Waals surface area (Å²) in [4.78, 5) is 28.9. The van der Waals surface area contributed by atoms with Gasteiger partial charge in [-0.1, -0.05) is 13.3 Å². The molecular weight excluding hydrogens is 340 g/mol. The highest BCUT2D eigenvalue weighted by atomic mass is 16.2. The van der Waals surface area contributed by atoms with Gasteiger partial charge in [0.15, 0.2) is 0 Å². The lowest BCUT2D eigenvalue weighted by Crippen LogP contribution is -2.50. The van der Waals surface area contributed by atoms with Crippen molar-refractivity contribution < 1.29 is 4.79 Å². The standard InChI is InChI=1S/C20H32N6O/c1-2-24-11-13-25(14-12-24)10-9-21-18(27)17-15-26(16-20(17)5-3-6-20)19-22-7-4-8-23-19/h4,7-8,17H,2-3,5-6,9-16H2,1H3,(H,21,27). The van der Waals surface area contributed by atoms with Crippen LogP contribution in [-0.2, 0) is 4.79 Å². The lowest BCUT2D eigenvalue weighted by atomic mass is 9.62. The summed E-state index contributed by atoms with van der Waals surface area (Å²) in [6, 6.07) is 1.84. The molecule has 1 aromatic heterocycles. The number of hydrogen-bond donors (Lipinski definition) is 1. The quantitative estimate of drug-likeness (QED) is 0.798. The van der Waals surface area contributed by atoms with E-state index in [1.54, 1.807) is 12.4 Å². The molecule has 1 spiro atoms. The topological polar surface area (TPSA) is 64.6 Å². The van der Waals surface area contributed by atoms with Gasteiger partial charge in [0.2, 0.25) is 11.9 Å². The van der Waals surface area contributed by atoms with Crippen LogP contribution in [0.2, 0.25) is 0 Å². The van der Waals surface area contributed by atoms with Crippen LogP contribution in [0.1, 0.15) is 26.2 Å². The maximum absolute atomic E-state index is 13.0. The molecule has 27 heavy (non-hydrogen) atoms. The molecule has 1 aliphatic carbocycles. The van der Waals surface area contributed by atoms with Gasteiger partial charge < -0.3 is 15.1 Å². The Kier molecular flexibility index (Phi) is 5.59. The third kappa shape index (κ3) is 3.94. The van der Waals surface area contributed by atoms with Gasteiger partial charge in [0, 0.05) is 70.2 Å². The molecule has 4 rings (SSSR count). The molecule has 0 aromatic carbocycles. The van der Waals surface area contributed by atoms with Crippen LogP contribution in [0, 0.1) is 11.3 Å². The highest BCUT2D eigenvalue weighted by Crippen LogP contribution is 2.52. The van der Waals surface area contributed by atoms with Crippen molar-refractivity contribution in [2.24, 2.45) is 11.3 Å². The predicted octanol–water partition coefficient (Wildman–Crippen LogP) is 0.837. The second kappa shape index (κ2) is 8.10. The molecule has 148 valence electrons. The van der Waals surface area contributed by atoms with Crippen molar-refractivity contribution in [3.8, 4) is 0 Å². The molecule has 0 radical (unpaired) electrons. The van der Waals surface area contributed by atoms with Crippen molar-refractivity contribution in [2.45, 2.75) is 26.2 Å². The summed E-state index contributed by atoms with van der Waals surface area (Å²) in [5, 5.41) is 3.23. The Morgan fingerprint density at radius 3 is 2.52 bits per heavy atom. The number of amides is 1. The van der Waals surface area contributed by atoms with Crippen LogP contribution >= 0.6 is 0 Å². The summed E-state index contributed by atoms with van der Waals surface area (Å²) in [6.07, 6.45) is 7.08. The molecule has 1 amide bonds. The van der Waals surface area contributed by atoms with E-state index >= 15 is 0 Å². The molecule has 1 N–H and O–H groups in total. The first kappa shape index (κ1) is 18.6. The van der Waals surface area contributed by atoms with Gasteiger partial charge in [0.25, 0.3) is 0 Å². The minimum absolute atomic E-state index is 0.0620. The highest BCUT2D eigenvalue weighted by molar-refractivity contribution is 5.81. The first-order valence-corrected chi connectivity index (χ1v) is 10.4. The van der Waals surface area contributed by atoms with E-state index in [0.717, 1.165) is 77.7 Å². The van der Waals surface area contributed by atoms with Crippen molar-refractivity contribution in [2.75, 3.05) is 63.8 Å². The lowest BCUT2D eigenvalue weighted by Gasteiger charge is -2.42. The average molecular weight is 373 g/mol. The van der Waals surface area contributed by atoms with Crippen molar-refractivity contribution in [3.05, 3.63) is 18.5 Å². The van der Waals surface area contributed by atoms with Crippen LogP contribution in [0.25, 0.3) is 0 Å². The number of rotatable bonds is 6. The second-order valence-electron chi connectivity index (χ2n) is 8.26. The van der Waals surface area contributed by atoms with E-state index < -0.39 is 0 Å². The van der Waals surface area contributed by atoms with Crippen LogP contribution in [-0.4, -0.2) is 84.6 Å². The molecule has 2 saturated heterocycles. The van der Waals surface area contributed by atoms with Gasteiger partial charge in [0.05, 0.1) is 5.92 Å². The van der Waals surface area contributed by atoms with Crippen LogP contribution < -0.4 is 10.2 Å². The number of nitrogens with one attached hydrogen (secondary N) is 1. The highest BCUT2D eigenvalue weighted by Gasteiger charge is 2.53. The van der Waals surface area contributed by atoms with Crippen LogP contribution in [0.4, 0.5) is 5.95 Å². The van der Waals surface area contributed by atoms with Gasteiger partial charge >= 0.3 is 0 Å². The molecule has 2 aliphatic heterocycles. The SMILES string of the molecule is CCN1CCN(CCNC(=O)C2CN(c3ncccn3)CC23CCC3)CC1. The van der Waals surface area contributed by atoms with Gasteiger partial charge in [-0.3, -0.25) is 9.69 Å². The first-order valence-electron chi connectivity index (χ1n) is 10.4. The van der Waals surface area contributed by atoms with E-state index in [1.807, 2.05) is 6.07 Å². The summed E-state index contributed by atoms with van der Waals surface area (Å²) in [7, 11) is 0. The number of anilines is 1. The van der Waals surface area contributed by atoms with E-state index in [9.17, 15) is 4.79 Å². The van der Waals surface area contributed by atoms with Crippen molar-refractivity contribution in [1.82, 2.24) is 25.1 Å². The first-order chi connectivity index (χ1) is 13.2. The van der Waals surface area contributed by atoms with Crippen molar-refractivity contribution in [3.63, 3.8) is 0 Å². The smallest absolute Gasteiger partial charge is 0.225 e. The molecule has 1 saturated carbocycles. The lowest BCUT2D eigenvalue weighted by molar-refractivity contribution is -0.129. The van der Waals surface area contributed by atoms with Crippen LogP contribution in [0.5, 0.6) is 0 Å². The Morgan fingerprint density at radius 2 is 1.89 bits per heavy atom. The number of hydrogen-bond acceptors (Lipinski definition) is 6. The minimum Gasteiger partial charge on any atom is -0.354 e. The molecule has 1 aromatic rings. The molecule has 3 heterocycles. The van der Waals surface area contributed by atoms with E-state index in [1.165, 1.54) is 6.42 Å². The van der Waals surface area contributed by atoms with Gasteiger partial charge in [-0.15, -0.1) is 0 Å². The molecule has 3 fully saturated rings. The van der Waals surface area contributed by atoms with Gasteiger partial charge in [-0.25, -0.2) is 9.97 Å². The summed E-state index contributed by atoms with van der Waals surface area (Å²) in [6.45, 7) is 11.2. The van der Waals surface area contributed by atoms with Gasteiger partial charge in [0.1, 0.15) is 0 Å². The number of piperazine rings is 1. The van der Waals surface area contributed by atoms with Crippen molar-refractivity contribution in [1.29, 1.82) is 0 Å². The molecule has 3 aliphatic rings. The molecule has 0 bridgehead atoms. The zero-order valence-electron chi connectivity index (χ0n) is 16.4. The third-order valence-corrected chi connectivity index (χ3v) is 6.79. The Labute approximate surface area is 162 Å². The summed E-state index contributed by atoms with van der Waals surface area (Å²) in [5.41, 5.74) is 0.135. The molecule has 7 heteroatoms. The van der Waals surface area contributed by atoms with Crippen LogP contribution in [0.15, 0.2) is 18.5 Å². The van der Waals surface area contributed by atoms with E-state index in [0.29, 0.717) is 0 Å². The molecule has 1 atom stereocenters. The Hall–Kier alpha value is -1.73. The third-order valence-electron chi connectivity index (χ3n) is 6.79. The summed E-state index contributed by atoms with van der Waals surface area (Å²) in [5.74, 6) is 1.04. The van der Waals surface area contributed by atoms with E-state index in [2.05, 4.69) is 36.9 Å². The maximum Gasteiger partial charge on any atom is 0.225 e. The van der Waals surface area contributed by atoms with Gasteiger partial charge in [-0.05, 0) is 25.5 Å². The number of nitrogens with zero attached hydrogens (tertiary/aromatic N) is 5. The summed E-state index contributed by atoms with van der Waals surface area (Å²) < 4.78 is 0. The number of likely N-dealkylation sites (N-methyl/N-ethyl adjacent to an activating group) is 1. The average Bonchev–Trinajstić information content (AvgIpc) is 3.11. The largest absolute Gasteiger partial charge is 0.354 e. The normalized spacial score (nSPS) is 25.5. The molecular formula is C20H32N6O. The van der Waals surface area contributed by atoms with Crippen LogP contribution in [0.3, 0.4) is 0 Å². The fourth-order valence-corrected chi connectivity index (χ4v) is 4.86. The van der Waals surface area contributed by atoms with Gasteiger partial charge in [-0.2, -0.15) is 0 Å². The zero-order chi connectivity index (χ0) is 18.7. The Bertz CT molecular complexity index is 627. The Morgan fingerprint density at radius 1 is 1.19 bits per heavy atom. The fraction of sp³-hybridized carbons (Fsp3) is 0.750. The van der Waals surface area contributed by atoms with E-state index in [4.69, 9.17) is 0 Å². The van der Waals surface area contributed by atoms with Crippen molar-refractivity contribution >= 4 is 11.9 Å². The predicted molar refractivity (Wildman–Crippen MR) is 106 cm³/mol. The molecule has 1 unspecified atom stereocenters. The monoisotopic (exact) mass is 372 g/mol. The maximum atomic E-state index is 13.0. The fourth-order valence-electron chi connectivity index (χ4n) is 4.86. The number of carbonyl (C=O) groups is 1. The zero-order valence-corrected chi connectivity index (χ0v) is 16.4. The number of carbonyl (C=O) groups excluding carboxylic acids is 1. The summed E-state index contributed by atoms with van der Waals surface area (Å²) >= 11 is 0. The minimum atomic E-state index is 0.0620. The Balaban J connectivity index is 1.29.